The molecular formula is C10H21N3. The molecule has 1 heterocycles. The second-order valence-corrected chi connectivity index (χ2v) is 1.85. The van der Waals surface area contributed by atoms with Gasteiger partial charge in [0.1, 0.15) is 5.69 Å². The van der Waals surface area contributed by atoms with Crippen LogP contribution in [0.15, 0.2) is 6.58 Å². The zero-order valence-corrected chi connectivity index (χ0v) is 9.31. The first-order valence-electron chi connectivity index (χ1n) is 4.68. The Kier molecular flexibility index (Phi) is 9.72. The van der Waals surface area contributed by atoms with Crippen molar-refractivity contribution >= 4 is 11.8 Å². The molecule has 0 aliphatic carbocycles. The molecule has 1 rings (SSSR count). The van der Waals surface area contributed by atoms with Gasteiger partial charge in [0.15, 0.2) is 0 Å². The van der Waals surface area contributed by atoms with Crippen molar-refractivity contribution in [2.45, 2.75) is 34.6 Å². The average Bonchev–Trinajstić information content (AvgIpc) is 2.54. The molecule has 0 fully saturated rings. The molecule has 0 unspecified atom stereocenters. The van der Waals surface area contributed by atoms with Crippen molar-refractivity contribution in [1.82, 2.24) is 10.2 Å². The molecule has 3 N–H and O–H groups in total. The van der Waals surface area contributed by atoms with E-state index in [1.165, 1.54) is 0 Å². The predicted molar refractivity (Wildman–Crippen MR) is 60.5 cm³/mol. The largest absolute Gasteiger partial charge is 0.395 e. The summed E-state index contributed by atoms with van der Waals surface area (Å²) in [6.45, 7) is 13.4. The zero-order chi connectivity index (χ0) is 10.9. The first-order chi connectivity index (χ1) is 6.25. The van der Waals surface area contributed by atoms with Gasteiger partial charge in [0, 0.05) is 0 Å². The highest BCUT2D eigenvalue weighted by molar-refractivity contribution is 5.61. The summed E-state index contributed by atoms with van der Waals surface area (Å²) in [5, 5.41) is 6.61. The minimum atomic E-state index is 0.685. The van der Waals surface area contributed by atoms with Crippen LogP contribution in [0.4, 0.5) is 5.69 Å². The van der Waals surface area contributed by atoms with Crippen molar-refractivity contribution in [3.63, 3.8) is 0 Å². The molecule has 0 spiro atoms. The Bertz CT molecular complexity index is 226. The molecule has 3 nitrogen and oxygen atoms in total. The van der Waals surface area contributed by atoms with E-state index in [1.807, 2.05) is 34.6 Å². The standard InChI is InChI=1S/C6H9N3.2C2H6/c1-3-5-6(7)4(2)8-9-5;2*1-2/h3H,1,7H2,2H3,(H,8,9);2*1-2H3. The molecule has 0 radical (unpaired) electrons. The third kappa shape index (κ3) is 4.35. The lowest BCUT2D eigenvalue weighted by atomic mass is 10.3. The van der Waals surface area contributed by atoms with Gasteiger partial charge in [-0.2, -0.15) is 5.10 Å². The molecule has 76 valence electrons. The van der Waals surface area contributed by atoms with E-state index in [0.717, 1.165) is 11.4 Å². The Morgan fingerprint density at radius 2 is 1.77 bits per heavy atom. The molecule has 0 aromatic carbocycles. The first kappa shape index (κ1) is 14.3. The number of nitrogens with one attached hydrogen (secondary N) is 1. The maximum absolute atomic E-state index is 5.55. The quantitative estimate of drug-likeness (QED) is 0.703. The zero-order valence-electron chi connectivity index (χ0n) is 9.31. The SMILES string of the molecule is C=Cc1n[nH]c(C)c1N.CC.CC. The lowest BCUT2D eigenvalue weighted by Crippen LogP contribution is -1.86. The van der Waals surface area contributed by atoms with E-state index in [0.29, 0.717) is 5.69 Å². The summed E-state index contributed by atoms with van der Waals surface area (Å²) in [5.41, 5.74) is 7.86. The number of hydrogen-bond acceptors (Lipinski definition) is 2. The van der Waals surface area contributed by atoms with Crippen molar-refractivity contribution in [2.75, 3.05) is 5.73 Å². The highest BCUT2D eigenvalue weighted by Crippen LogP contribution is 2.12. The normalized spacial score (nSPS) is 7.46. The number of aromatic nitrogens is 2. The number of nitrogens with zero attached hydrogens (tertiary/aromatic N) is 1. The summed E-state index contributed by atoms with van der Waals surface area (Å²) in [4.78, 5) is 0. The second kappa shape index (κ2) is 8.84. The lowest BCUT2D eigenvalue weighted by molar-refractivity contribution is 1.04. The van der Waals surface area contributed by atoms with E-state index in [1.54, 1.807) is 6.08 Å². The van der Waals surface area contributed by atoms with Gasteiger partial charge in [0.05, 0.1) is 11.4 Å². The average molecular weight is 183 g/mol. The molecule has 0 atom stereocenters. The topological polar surface area (TPSA) is 54.7 Å². The van der Waals surface area contributed by atoms with E-state index in [-0.39, 0.29) is 0 Å². The van der Waals surface area contributed by atoms with Gasteiger partial charge in [-0.15, -0.1) is 0 Å². The maximum Gasteiger partial charge on any atom is 0.107 e. The van der Waals surface area contributed by atoms with E-state index in [9.17, 15) is 0 Å². The summed E-state index contributed by atoms with van der Waals surface area (Å²) >= 11 is 0. The van der Waals surface area contributed by atoms with Crippen LogP contribution in [0, 0.1) is 6.92 Å². The molecule has 0 aliphatic rings. The van der Waals surface area contributed by atoms with Gasteiger partial charge in [-0.25, -0.2) is 0 Å². The number of anilines is 1. The smallest absolute Gasteiger partial charge is 0.107 e. The van der Waals surface area contributed by atoms with Gasteiger partial charge >= 0.3 is 0 Å². The van der Waals surface area contributed by atoms with Crippen molar-refractivity contribution in [1.29, 1.82) is 0 Å². The van der Waals surface area contributed by atoms with Crippen molar-refractivity contribution < 1.29 is 0 Å². The van der Waals surface area contributed by atoms with Crippen LogP contribution in [-0.4, -0.2) is 10.2 Å². The van der Waals surface area contributed by atoms with Crippen molar-refractivity contribution in [2.24, 2.45) is 0 Å². The Morgan fingerprint density at radius 1 is 1.31 bits per heavy atom. The van der Waals surface area contributed by atoms with Gasteiger partial charge in [0.2, 0.25) is 0 Å². The number of rotatable bonds is 1. The molecule has 0 bridgehead atoms. The van der Waals surface area contributed by atoms with Crippen LogP contribution in [-0.2, 0) is 0 Å². The van der Waals surface area contributed by atoms with Gasteiger partial charge in [-0.05, 0) is 13.0 Å². The summed E-state index contributed by atoms with van der Waals surface area (Å²) in [5.74, 6) is 0. The Hall–Kier alpha value is -1.25. The number of aryl methyl sites for hydroxylation is 1. The van der Waals surface area contributed by atoms with Crippen LogP contribution >= 0.6 is 0 Å². The molecule has 1 aromatic heterocycles. The molecule has 0 amide bonds. The van der Waals surface area contributed by atoms with Crippen LogP contribution in [0.5, 0.6) is 0 Å². The van der Waals surface area contributed by atoms with Crippen LogP contribution in [0.25, 0.3) is 6.08 Å². The summed E-state index contributed by atoms with van der Waals surface area (Å²) in [6, 6.07) is 0. The minimum absolute atomic E-state index is 0.685. The molecule has 1 aromatic rings. The van der Waals surface area contributed by atoms with Gasteiger partial charge in [-0.1, -0.05) is 34.3 Å². The molecular weight excluding hydrogens is 162 g/mol. The molecule has 3 heteroatoms. The Morgan fingerprint density at radius 3 is 1.92 bits per heavy atom. The fourth-order valence-electron chi connectivity index (χ4n) is 0.612. The number of aromatic amines is 1. The molecule has 0 saturated carbocycles. The molecule has 13 heavy (non-hydrogen) atoms. The van der Waals surface area contributed by atoms with Gasteiger partial charge in [0.25, 0.3) is 0 Å². The van der Waals surface area contributed by atoms with Crippen LogP contribution < -0.4 is 5.73 Å². The summed E-state index contributed by atoms with van der Waals surface area (Å²) < 4.78 is 0. The third-order valence-electron chi connectivity index (χ3n) is 1.22. The van der Waals surface area contributed by atoms with E-state index in [4.69, 9.17) is 5.73 Å². The van der Waals surface area contributed by atoms with Crippen LogP contribution in [0.3, 0.4) is 0 Å². The third-order valence-corrected chi connectivity index (χ3v) is 1.22. The molecule has 0 aliphatic heterocycles. The monoisotopic (exact) mass is 183 g/mol. The van der Waals surface area contributed by atoms with Gasteiger partial charge < -0.3 is 5.73 Å². The number of hydrogen-bond donors (Lipinski definition) is 2. The highest BCUT2D eigenvalue weighted by Gasteiger charge is 1.99. The number of H-pyrrole nitrogens is 1. The molecule has 0 saturated heterocycles. The van der Waals surface area contributed by atoms with E-state index >= 15 is 0 Å². The predicted octanol–water partition coefficient (Wildman–Crippen LogP) is 3.00. The number of nitrogen functional groups attached to an aromatic ring is 1. The Labute approximate surface area is 81.0 Å². The fraction of sp³-hybridized carbons (Fsp3) is 0.500. The summed E-state index contributed by atoms with van der Waals surface area (Å²) in [6.07, 6.45) is 1.62. The van der Waals surface area contributed by atoms with Crippen molar-refractivity contribution in [3.8, 4) is 0 Å². The van der Waals surface area contributed by atoms with Gasteiger partial charge in [-0.3, -0.25) is 5.10 Å². The van der Waals surface area contributed by atoms with Crippen LogP contribution in [0.1, 0.15) is 39.1 Å². The second-order valence-electron chi connectivity index (χ2n) is 1.85. The lowest BCUT2D eigenvalue weighted by Gasteiger charge is -1.85. The number of nitrogens with two attached hydrogens (primary N) is 1. The maximum atomic E-state index is 5.55. The van der Waals surface area contributed by atoms with E-state index in [2.05, 4.69) is 16.8 Å². The summed E-state index contributed by atoms with van der Waals surface area (Å²) in [7, 11) is 0. The van der Waals surface area contributed by atoms with Crippen molar-refractivity contribution in [3.05, 3.63) is 18.0 Å². The van der Waals surface area contributed by atoms with Crippen LogP contribution in [0.2, 0.25) is 0 Å². The first-order valence-corrected chi connectivity index (χ1v) is 4.68. The van der Waals surface area contributed by atoms with E-state index < -0.39 is 0 Å². The minimum Gasteiger partial charge on any atom is -0.395 e. The highest BCUT2D eigenvalue weighted by atomic mass is 15.1. The Balaban J connectivity index is 0. The fourth-order valence-corrected chi connectivity index (χ4v) is 0.612.